The number of hydrogen-bond donors (Lipinski definition) is 1. The van der Waals surface area contributed by atoms with Crippen LogP contribution in [0.25, 0.3) is 0 Å². The first-order valence-electron chi connectivity index (χ1n) is 7.86. The van der Waals surface area contributed by atoms with Crippen molar-refractivity contribution in [2.45, 2.75) is 18.9 Å². The second kappa shape index (κ2) is 6.71. The fourth-order valence-electron chi connectivity index (χ4n) is 3.47. The van der Waals surface area contributed by atoms with E-state index in [4.69, 9.17) is 5.73 Å². The van der Waals surface area contributed by atoms with Crippen LogP contribution in [-0.4, -0.2) is 62.2 Å². The van der Waals surface area contributed by atoms with Crippen LogP contribution in [0.4, 0.5) is 11.4 Å². The number of nitrogen functional groups attached to an aromatic ring is 1. The van der Waals surface area contributed by atoms with Crippen molar-refractivity contribution in [3.8, 4) is 0 Å². The highest BCUT2D eigenvalue weighted by molar-refractivity contribution is 14.1. The smallest absolute Gasteiger partial charge is 0.0504 e. The third kappa shape index (κ3) is 3.63. The summed E-state index contributed by atoms with van der Waals surface area (Å²) >= 11 is 2.40. The molecule has 0 saturated carbocycles. The van der Waals surface area contributed by atoms with Crippen molar-refractivity contribution in [3.05, 3.63) is 21.8 Å². The predicted octanol–water partition coefficient (Wildman–Crippen LogP) is 2.09. The fraction of sp³-hybridized carbons (Fsp3) is 0.625. The molecule has 21 heavy (non-hydrogen) atoms. The lowest BCUT2D eigenvalue weighted by atomic mass is 10.0. The van der Waals surface area contributed by atoms with Gasteiger partial charge in [-0.3, -0.25) is 4.90 Å². The van der Waals surface area contributed by atoms with E-state index in [2.05, 4.69) is 56.5 Å². The van der Waals surface area contributed by atoms with Gasteiger partial charge in [0.15, 0.2) is 0 Å². The molecule has 1 aromatic rings. The molecule has 2 saturated heterocycles. The van der Waals surface area contributed by atoms with Crippen LogP contribution in [0.1, 0.15) is 12.8 Å². The highest BCUT2D eigenvalue weighted by Crippen LogP contribution is 2.26. The Morgan fingerprint density at radius 2 is 1.71 bits per heavy atom. The van der Waals surface area contributed by atoms with Crippen LogP contribution in [0.5, 0.6) is 0 Å². The van der Waals surface area contributed by atoms with E-state index < -0.39 is 0 Å². The molecule has 0 unspecified atom stereocenters. The highest BCUT2D eigenvalue weighted by atomic mass is 127. The van der Waals surface area contributed by atoms with Crippen molar-refractivity contribution in [3.63, 3.8) is 0 Å². The molecule has 0 atom stereocenters. The number of nitrogens with zero attached hydrogens (tertiary/aromatic N) is 3. The number of hydrogen-bond acceptors (Lipinski definition) is 4. The maximum absolute atomic E-state index is 5.85. The van der Waals surface area contributed by atoms with Crippen LogP contribution in [0, 0.1) is 3.57 Å². The number of rotatable bonds is 2. The molecule has 2 N–H and O–H groups in total. The molecule has 0 aliphatic carbocycles. The van der Waals surface area contributed by atoms with E-state index in [1.807, 2.05) is 6.07 Å². The summed E-state index contributed by atoms with van der Waals surface area (Å²) in [7, 11) is 2.23. The van der Waals surface area contributed by atoms with Gasteiger partial charge in [0, 0.05) is 41.5 Å². The van der Waals surface area contributed by atoms with E-state index in [1.165, 1.54) is 48.3 Å². The zero-order chi connectivity index (χ0) is 14.8. The van der Waals surface area contributed by atoms with Gasteiger partial charge in [0.2, 0.25) is 0 Å². The molecule has 3 rings (SSSR count). The molecule has 2 heterocycles. The molecular formula is C16H25IN4. The van der Waals surface area contributed by atoms with Crippen LogP contribution in [0.3, 0.4) is 0 Å². The van der Waals surface area contributed by atoms with E-state index in [0.717, 1.165) is 24.8 Å². The minimum absolute atomic E-state index is 0.800. The highest BCUT2D eigenvalue weighted by Gasteiger charge is 2.26. The normalized spacial score (nSPS) is 22.7. The van der Waals surface area contributed by atoms with E-state index in [1.54, 1.807) is 0 Å². The lowest BCUT2D eigenvalue weighted by Gasteiger charge is -2.43. The maximum atomic E-state index is 5.85. The Balaban J connectivity index is 1.57. The van der Waals surface area contributed by atoms with Crippen LogP contribution in [0.2, 0.25) is 0 Å². The standard InChI is InChI=1S/C16H25IN4/c1-19-6-4-14(5-7-19)20-8-10-21(11-9-20)16-3-2-13(18)12-15(16)17/h2-3,12,14H,4-11,18H2,1H3. The first-order chi connectivity index (χ1) is 10.1. The maximum Gasteiger partial charge on any atom is 0.0504 e. The molecule has 2 aliphatic heterocycles. The topological polar surface area (TPSA) is 35.7 Å². The van der Waals surface area contributed by atoms with Gasteiger partial charge in [-0.25, -0.2) is 0 Å². The van der Waals surface area contributed by atoms with Gasteiger partial charge in [0.1, 0.15) is 0 Å². The first-order valence-corrected chi connectivity index (χ1v) is 8.94. The number of benzene rings is 1. The Hall–Kier alpha value is -0.530. The molecular weight excluding hydrogens is 375 g/mol. The van der Waals surface area contributed by atoms with Crippen molar-refractivity contribution in [1.82, 2.24) is 9.80 Å². The van der Waals surface area contributed by atoms with Gasteiger partial charge in [0.05, 0.1) is 5.69 Å². The Morgan fingerprint density at radius 3 is 2.33 bits per heavy atom. The SMILES string of the molecule is CN1CCC(N2CCN(c3ccc(N)cc3I)CC2)CC1. The molecule has 2 aliphatic rings. The monoisotopic (exact) mass is 400 g/mol. The van der Waals surface area contributed by atoms with Crippen LogP contribution in [-0.2, 0) is 0 Å². The number of piperazine rings is 1. The summed E-state index contributed by atoms with van der Waals surface area (Å²) in [6, 6.07) is 7.05. The molecule has 0 bridgehead atoms. The summed E-state index contributed by atoms with van der Waals surface area (Å²) in [6.45, 7) is 7.14. The zero-order valence-electron chi connectivity index (χ0n) is 12.8. The largest absolute Gasteiger partial charge is 0.399 e. The van der Waals surface area contributed by atoms with Crippen LogP contribution in [0.15, 0.2) is 18.2 Å². The number of anilines is 2. The van der Waals surface area contributed by atoms with E-state index in [9.17, 15) is 0 Å². The molecule has 1 aromatic carbocycles. The molecule has 0 aromatic heterocycles. The van der Waals surface area contributed by atoms with Gasteiger partial charge in [0.25, 0.3) is 0 Å². The third-order valence-electron chi connectivity index (χ3n) is 4.83. The predicted molar refractivity (Wildman–Crippen MR) is 97.9 cm³/mol. The summed E-state index contributed by atoms with van der Waals surface area (Å²) < 4.78 is 1.26. The number of nitrogens with two attached hydrogens (primary N) is 1. The van der Waals surface area contributed by atoms with Gasteiger partial charge in [-0.15, -0.1) is 0 Å². The number of likely N-dealkylation sites (tertiary alicyclic amines) is 1. The fourth-order valence-corrected chi connectivity index (χ4v) is 4.35. The number of halogens is 1. The summed E-state index contributed by atoms with van der Waals surface area (Å²) in [5, 5.41) is 0. The molecule has 116 valence electrons. The van der Waals surface area contributed by atoms with Crippen molar-refractivity contribution in [1.29, 1.82) is 0 Å². The van der Waals surface area contributed by atoms with E-state index >= 15 is 0 Å². The van der Waals surface area contributed by atoms with E-state index in [0.29, 0.717) is 0 Å². The lowest BCUT2D eigenvalue weighted by Crippen LogP contribution is -2.53. The van der Waals surface area contributed by atoms with Gasteiger partial charge >= 0.3 is 0 Å². The second-order valence-corrected chi connectivity index (χ2v) is 7.43. The summed E-state index contributed by atoms with van der Waals surface area (Å²) in [4.78, 5) is 7.66. The summed E-state index contributed by atoms with van der Waals surface area (Å²) in [5.74, 6) is 0. The second-order valence-electron chi connectivity index (χ2n) is 6.27. The van der Waals surface area contributed by atoms with E-state index in [-0.39, 0.29) is 0 Å². The molecule has 5 heteroatoms. The van der Waals surface area contributed by atoms with Crippen molar-refractivity contribution >= 4 is 34.0 Å². The minimum atomic E-state index is 0.800. The minimum Gasteiger partial charge on any atom is -0.399 e. The van der Waals surface area contributed by atoms with Gasteiger partial charge in [-0.2, -0.15) is 0 Å². The van der Waals surface area contributed by atoms with Crippen LogP contribution >= 0.6 is 22.6 Å². The Morgan fingerprint density at radius 1 is 1.05 bits per heavy atom. The first kappa shape index (κ1) is 15.4. The Kier molecular flexibility index (Phi) is 4.91. The van der Waals surface area contributed by atoms with Crippen LogP contribution < -0.4 is 10.6 Å². The zero-order valence-corrected chi connectivity index (χ0v) is 14.9. The lowest BCUT2D eigenvalue weighted by molar-refractivity contribution is 0.115. The quantitative estimate of drug-likeness (QED) is 0.609. The third-order valence-corrected chi connectivity index (χ3v) is 5.70. The molecule has 0 radical (unpaired) electrons. The Labute approximate surface area is 141 Å². The van der Waals surface area contributed by atoms with Gasteiger partial charge in [-0.05, 0) is 73.8 Å². The van der Waals surface area contributed by atoms with Gasteiger partial charge in [-0.1, -0.05) is 0 Å². The molecule has 0 amide bonds. The molecule has 0 spiro atoms. The van der Waals surface area contributed by atoms with Crippen molar-refractivity contribution in [2.24, 2.45) is 0 Å². The molecule has 4 nitrogen and oxygen atoms in total. The Bertz CT molecular complexity index is 477. The van der Waals surface area contributed by atoms with Crippen molar-refractivity contribution in [2.75, 3.05) is 56.9 Å². The summed E-state index contributed by atoms with van der Waals surface area (Å²) in [5.41, 5.74) is 8.05. The summed E-state index contributed by atoms with van der Waals surface area (Å²) in [6.07, 6.45) is 2.66. The average Bonchev–Trinajstić information content (AvgIpc) is 2.48. The average molecular weight is 400 g/mol. The molecule has 2 fully saturated rings. The number of piperidine rings is 1. The van der Waals surface area contributed by atoms with Crippen molar-refractivity contribution < 1.29 is 0 Å². The van der Waals surface area contributed by atoms with Gasteiger partial charge < -0.3 is 15.5 Å².